The van der Waals surface area contributed by atoms with Crippen LogP contribution in [0, 0.1) is 0 Å². The van der Waals surface area contributed by atoms with Crippen molar-refractivity contribution in [2.75, 3.05) is 5.32 Å². The van der Waals surface area contributed by atoms with Crippen molar-refractivity contribution < 1.29 is 4.79 Å². The maximum Gasteiger partial charge on any atom is 0.255 e. The van der Waals surface area contributed by atoms with Crippen molar-refractivity contribution in [2.45, 2.75) is 12.1 Å². The third-order valence-electron chi connectivity index (χ3n) is 2.59. The van der Waals surface area contributed by atoms with Gasteiger partial charge in [-0.3, -0.25) is 4.79 Å². The Balaban J connectivity index is 2.06. The summed E-state index contributed by atoms with van der Waals surface area (Å²) >= 11 is 5.84. The van der Waals surface area contributed by atoms with Gasteiger partial charge in [-0.2, -0.15) is 0 Å². The molecule has 5 N–H and O–H groups in total. The van der Waals surface area contributed by atoms with Gasteiger partial charge < -0.3 is 16.8 Å². The summed E-state index contributed by atoms with van der Waals surface area (Å²) in [6.07, 6.45) is 5.41. The van der Waals surface area contributed by atoms with E-state index in [2.05, 4.69) is 5.32 Å². The van der Waals surface area contributed by atoms with Crippen LogP contribution in [0.5, 0.6) is 0 Å². The molecular weight excluding hydrogens is 250 g/mol. The molecule has 0 atom stereocenters. The molecule has 0 fully saturated rings. The smallest absolute Gasteiger partial charge is 0.255 e. The zero-order chi connectivity index (χ0) is 13.2. The van der Waals surface area contributed by atoms with E-state index in [1.165, 1.54) is 0 Å². The molecular formula is C13H14ClN3O. The normalized spacial score (nSPS) is 17.2. The first-order chi connectivity index (χ1) is 8.46. The van der Waals surface area contributed by atoms with Gasteiger partial charge in [-0.1, -0.05) is 29.8 Å². The SMILES string of the molecule is NC1(N)C=CC(C(=O)Nc2cccc(Cl)c2)=CC1. The Bertz CT molecular complexity index is 535. The van der Waals surface area contributed by atoms with Gasteiger partial charge in [0.15, 0.2) is 0 Å². The van der Waals surface area contributed by atoms with Crippen molar-refractivity contribution in [1.82, 2.24) is 0 Å². The van der Waals surface area contributed by atoms with Crippen molar-refractivity contribution in [3.63, 3.8) is 0 Å². The number of rotatable bonds is 2. The topological polar surface area (TPSA) is 81.1 Å². The Morgan fingerprint density at radius 1 is 1.39 bits per heavy atom. The minimum Gasteiger partial charge on any atom is -0.322 e. The zero-order valence-corrected chi connectivity index (χ0v) is 10.4. The summed E-state index contributed by atoms with van der Waals surface area (Å²) in [5, 5.41) is 3.33. The van der Waals surface area contributed by atoms with Gasteiger partial charge in [-0.25, -0.2) is 0 Å². The summed E-state index contributed by atoms with van der Waals surface area (Å²) in [5.41, 5.74) is 11.8. The van der Waals surface area contributed by atoms with E-state index in [9.17, 15) is 4.79 Å². The summed E-state index contributed by atoms with van der Waals surface area (Å²) in [6, 6.07) is 6.97. The minimum atomic E-state index is -0.861. The van der Waals surface area contributed by atoms with Gasteiger partial charge in [0.2, 0.25) is 0 Å². The van der Waals surface area contributed by atoms with E-state index in [0.717, 1.165) is 0 Å². The van der Waals surface area contributed by atoms with Gasteiger partial charge in [0.1, 0.15) is 0 Å². The highest BCUT2D eigenvalue weighted by atomic mass is 35.5. The molecule has 0 saturated heterocycles. The summed E-state index contributed by atoms with van der Waals surface area (Å²) in [5.74, 6) is -0.205. The molecule has 1 aliphatic carbocycles. The van der Waals surface area contributed by atoms with E-state index in [4.69, 9.17) is 23.1 Å². The Kier molecular flexibility index (Phi) is 3.52. The predicted molar refractivity (Wildman–Crippen MR) is 73.0 cm³/mol. The molecule has 94 valence electrons. The summed E-state index contributed by atoms with van der Waals surface area (Å²) in [6.45, 7) is 0. The molecule has 4 nitrogen and oxygen atoms in total. The number of nitrogens with two attached hydrogens (primary N) is 2. The number of hydrogen-bond acceptors (Lipinski definition) is 3. The first-order valence-electron chi connectivity index (χ1n) is 5.50. The van der Waals surface area contributed by atoms with Crippen molar-refractivity contribution in [2.24, 2.45) is 11.5 Å². The molecule has 0 aliphatic heterocycles. The number of benzene rings is 1. The number of amides is 1. The molecule has 5 heteroatoms. The monoisotopic (exact) mass is 263 g/mol. The molecule has 1 aromatic carbocycles. The lowest BCUT2D eigenvalue weighted by Gasteiger charge is -2.22. The van der Waals surface area contributed by atoms with Gasteiger partial charge in [0.25, 0.3) is 5.91 Å². The number of anilines is 1. The first kappa shape index (κ1) is 12.8. The van der Waals surface area contributed by atoms with Crippen LogP contribution in [0.15, 0.2) is 48.1 Å². The molecule has 0 radical (unpaired) electrons. The van der Waals surface area contributed by atoms with Gasteiger partial charge in [0.05, 0.1) is 5.66 Å². The van der Waals surface area contributed by atoms with Crippen molar-refractivity contribution >= 4 is 23.2 Å². The predicted octanol–water partition coefficient (Wildman–Crippen LogP) is 1.78. The average molecular weight is 264 g/mol. The Hall–Kier alpha value is -1.62. The van der Waals surface area contributed by atoms with Gasteiger partial charge >= 0.3 is 0 Å². The summed E-state index contributed by atoms with van der Waals surface area (Å²) in [7, 11) is 0. The largest absolute Gasteiger partial charge is 0.322 e. The van der Waals surface area contributed by atoms with Crippen LogP contribution < -0.4 is 16.8 Å². The van der Waals surface area contributed by atoms with E-state index in [-0.39, 0.29) is 5.91 Å². The molecule has 0 unspecified atom stereocenters. The van der Waals surface area contributed by atoms with Crippen LogP contribution in [0.2, 0.25) is 5.02 Å². The molecule has 1 aromatic rings. The minimum absolute atomic E-state index is 0.205. The van der Waals surface area contributed by atoms with Gasteiger partial charge in [0, 0.05) is 22.7 Å². The highest BCUT2D eigenvalue weighted by molar-refractivity contribution is 6.31. The Morgan fingerprint density at radius 2 is 2.17 bits per heavy atom. The molecule has 0 spiro atoms. The molecule has 0 heterocycles. The molecule has 0 saturated carbocycles. The highest BCUT2D eigenvalue weighted by Crippen LogP contribution is 2.18. The van der Waals surface area contributed by atoms with Crippen LogP contribution in [0.1, 0.15) is 6.42 Å². The molecule has 1 amide bonds. The van der Waals surface area contributed by atoms with Crippen LogP contribution in [0.4, 0.5) is 5.69 Å². The molecule has 18 heavy (non-hydrogen) atoms. The Morgan fingerprint density at radius 3 is 2.78 bits per heavy atom. The maximum absolute atomic E-state index is 11.9. The van der Waals surface area contributed by atoms with E-state index in [1.807, 2.05) is 0 Å². The number of carbonyl (C=O) groups is 1. The Labute approximate surface area is 110 Å². The maximum atomic E-state index is 11.9. The fourth-order valence-electron chi connectivity index (χ4n) is 1.61. The van der Waals surface area contributed by atoms with Crippen molar-refractivity contribution in [3.8, 4) is 0 Å². The molecule has 1 aliphatic rings. The second-order valence-corrected chi connectivity index (χ2v) is 4.71. The summed E-state index contributed by atoms with van der Waals surface area (Å²) < 4.78 is 0. The van der Waals surface area contributed by atoms with E-state index >= 15 is 0 Å². The van der Waals surface area contributed by atoms with Crippen LogP contribution in [0.25, 0.3) is 0 Å². The third kappa shape index (κ3) is 3.20. The summed E-state index contributed by atoms with van der Waals surface area (Å²) in [4.78, 5) is 11.9. The molecule has 0 bridgehead atoms. The molecule has 0 aromatic heterocycles. The highest BCUT2D eigenvalue weighted by Gasteiger charge is 2.19. The van der Waals surface area contributed by atoms with Crippen LogP contribution in [0.3, 0.4) is 0 Å². The van der Waals surface area contributed by atoms with E-state index in [1.54, 1.807) is 42.5 Å². The fraction of sp³-hybridized carbons (Fsp3) is 0.154. The van der Waals surface area contributed by atoms with Crippen LogP contribution in [-0.2, 0) is 4.79 Å². The van der Waals surface area contributed by atoms with Crippen molar-refractivity contribution in [1.29, 1.82) is 0 Å². The number of hydrogen-bond donors (Lipinski definition) is 3. The quantitative estimate of drug-likeness (QED) is 0.712. The van der Waals surface area contributed by atoms with E-state index in [0.29, 0.717) is 22.7 Å². The van der Waals surface area contributed by atoms with Gasteiger partial charge in [-0.15, -0.1) is 0 Å². The van der Waals surface area contributed by atoms with Crippen LogP contribution >= 0.6 is 11.6 Å². The lowest BCUT2D eigenvalue weighted by atomic mass is 9.98. The first-order valence-corrected chi connectivity index (χ1v) is 5.88. The number of nitrogens with one attached hydrogen (secondary N) is 1. The second-order valence-electron chi connectivity index (χ2n) is 4.27. The fourth-order valence-corrected chi connectivity index (χ4v) is 1.80. The lowest BCUT2D eigenvalue weighted by molar-refractivity contribution is -0.112. The van der Waals surface area contributed by atoms with E-state index < -0.39 is 5.66 Å². The molecule has 2 rings (SSSR count). The number of carbonyl (C=O) groups excluding carboxylic acids is 1. The second kappa shape index (κ2) is 4.94. The average Bonchev–Trinajstić information content (AvgIpc) is 2.28. The van der Waals surface area contributed by atoms with Crippen molar-refractivity contribution in [3.05, 3.63) is 53.1 Å². The number of halogens is 1. The third-order valence-corrected chi connectivity index (χ3v) is 2.83. The van der Waals surface area contributed by atoms with Gasteiger partial charge in [-0.05, 0) is 24.3 Å². The van der Waals surface area contributed by atoms with Crippen LogP contribution in [-0.4, -0.2) is 11.6 Å². The standard InChI is InChI=1S/C13H14ClN3O/c14-10-2-1-3-11(8-10)17-12(18)9-4-6-13(15,16)7-5-9/h1-6,8H,7,15-16H2,(H,17,18). The zero-order valence-electron chi connectivity index (χ0n) is 9.69. The lowest BCUT2D eigenvalue weighted by Crippen LogP contribution is -2.47.